The first-order valence-electron chi connectivity index (χ1n) is 5.88. The van der Waals surface area contributed by atoms with Crippen molar-refractivity contribution in [2.45, 2.75) is 19.1 Å². The van der Waals surface area contributed by atoms with Crippen LogP contribution in [0.5, 0.6) is 0 Å². The third-order valence-corrected chi connectivity index (χ3v) is 2.45. The van der Waals surface area contributed by atoms with Crippen LogP contribution in [0.1, 0.15) is 16.9 Å². The Bertz CT molecular complexity index is 502. The predicted octanol–water partition coefficient (Wildman–Crippen LogP) is 0.570. The van der Waals surface area contributed by atoms with Crippen molar-refractivity contribution >= 4 is 12.0 Å². The van der Waals surface area contributed by atoms with Gasteiger partial charge in [0.05, 0.1) is 19.2 Å². The molecule has 0 aliphatic carbocycles. The van der Waals surface area contributed by atoms with Crippen LogP contribution in [0.2, 0.25) is 0 Å². The first kappa shape index (κ1) is 16.7. The number of nitrogens with zero attached hydrogens (tertiary/aromatic N) is 4. The summed E-state index contributed by atoms with van der Waals surface area (Å²) >= 11 is 0. The summed E-state index contributed by atoms with van der Waals surface area (Å²) in [4.78, 5) is 22.9. The maximum atomic E-state index is 12.0. The van der Waals surface area contributed by atoms with Crippen LogP contribution in [-0.2, 0) is 6.54 Å². The average Bonchev–Trinajstić information content (AvgIpc) is 2.83. The van der Waals surface area contributed by atoms with Crippen LogP contribution in [0.15, 0.2) is 6.20 Å². The quantitative estimate of drug-likeness (QED) is 0.800. The van der Waals surface area contributed by atoms with Crippen LogP contribution < -0.4 is 5.32 Å². The lowest BCUT2D eigenvalue weighted by atomic mass is 10.4. The molecule has 1 aromatic rings. The van der Waals surface area contributed by atoms with E-state index in [1.807, 2.05) is 0 Å². The lowest BCUT2D eigenvalue weighted by Gasteiger charge is -2.18. The summed E-state index contributed by atoms with van der Waals surface area (Å²) < 4.78 is 37.2. The molecule has 1 aromatic heterocycles. The summed E-state index contributed by atoms with van der Waals surface area (Å²) in [6.45, 7) is -0.210. The Balaban J connectivity index is 2.30. The van der Waals surface area contributed by atoms with Gasteiger partial charge < -0.3 is 15.3 Å². The van der Waals surface area contributed by atoms with E-state index in [1.165, 1.54) is 17.9 Å². The fourth-order valence-electron chi connectivity index (χ4n) is 1.31. The zero-order valence-corrected chi connectivity index (χ0v) is 11.1. The number of alkyl halides is 3. The van der Waals surface area contributed by atoms with E-state index in [1.54, 1.807) is 0 Å². The van der Waals surface area contributed by atoms with Gasteiger partial charge in [-0.1, -0.05) is 5.21 Å². The number of nitrogens with one attached hydrogen (secondary N) is 1. The summed E-state index contributed by atoms with van der Waals surface area (Å²) in [7, 11) is 1.25. The summed E-state index contributed by atoms with van der Waals surface area (Å²) in [5.74, 6) is -1.22. The minimum Gasteiger partial charge on any atom is -0.476 e. The van der Waals surface area contributed by atoms with Gasteiger partial charge in [-0.05, 0) is 0 Å². The molecular formula is C10H14F3N5O3. The topological polar surface area (TPSA) is 100 Å². The molecule has 1 heterocycles. The highest BCUT2D eigenvalue weighted by atomic mass is 19.4. The Morgan fingerprint density at radius 1 is 1.48 bits per heavy atom. The molecule has 0 aliphatic rings. The van der Waals surface area contributed by atoms with E-state index in [0.29, 0.717) is 0 Å². The Morgan fingerprint density at radius 3 is 2.67 bits per heavy atom. The van der Waals surface area contributed by atoms with Gasteiger partial charge >= 0.3 is 18.2 Å². The molecule has 0 aromatic carbocycles. The fraction of sp³-hybridized carbons (Fsp3) is 0.600. The Morgan fingerprint density at radius 2 is 2.14 bits per heavy atom. The number of carboxylic acid groups (broad SMARTS) is 1. The predicted molar refractivity (Wildman–Crippen MR) is 63.7 cm³/mol. The number of halogens is 3. The van der Waals surface area contributed by atoms with Crippen molar-refractivity contribution in [2.75, 3.05) is 20.1 Å². The molecule has 0 bridgehead atoms. The van der Waals surface area contributed by atoms with Gasteiger partial charge in [0.1, 0.15) is 0 Å². The second-order valence-electron chi connectivity index (χ2n) is 4.19. The van der Waals surface area contributed by atoms with Gasteiger partial charge in [0.25, 0.3) is 0 Å². The maximum absolute atomic E-state index is 12.0. The zero-order valence-electron chi connectivity index (χ0n) is 11.1. The SMILES string of the molecule is CN(CCC(F)(F)F)C(=O)NCCn1cc(C(=O)O)nn1. The molecule has 0 saturated heterocycles. The second kappa shape index (κ2) is 6.90. The van der Waals surface area contributed by atoms with Crippen LogP contribution >= 0.6 is 0 Å². The first-order chi connectivity index (χ1) is 9.69. The number of amides is 2. The van der Waals surface area contributed by atoms with E-state index in [2.05, 4.69) is 15.6 Å². The zero-order chi connectivity index (χ0) is 16.0. The van der Waals surface area contributed by atoms with E-state index < -0.39 is 31.1 Å². The first-order valence-corrected chi connectivity index (χ1v) is 5.88. The third kappa shape index (κ3) is 6.10. The molecule has 0 unspecified atom stereocenters. The molecule has 0 saturated carbocycles. The smallest absolute Gasteiger partial charge is 0.390 e. The number of aromatic carboxylic acids is 1. The van der Waals surface area contributed by atoms with Crippen LogP contribution in [0.25, 0.3) is 0 Å². The van der Waals surface area contributed by atoms with Crippen molar-refractivity contribution in [2.24, 2.45) is 0 Å². The van der Waals surface area contributed by atoms with E-state index in [-0.39, 0.29) is 18.8 Å². The number of carbonyl (C=O) groups excluding carboxylic acids is 1. The summed E-state index contributed by atoms with van der Waals surface area (Å²) in [6, 6.07) is -0.655. The monoisotopic (exact) mass is 309 g/mol. The van der Waals surface area contributed by atoms with Crippen molar-refractivity contribution < 1.29 is 27.9 Å². The molecule has 8 nitrogen and oxygen atoms in total. The van der Waals surface area contributed by atoms with Crippen molar-refractivity contribution in [1.82, 2.24) is 25.2 Å². The third-order valence-electron chi connectivity index (χ3n) is 2.45. The van der Waals surface area contributed by atoms with Gasteiger partial charge in [0, 0.05) is 20.1 Å². The molecule has 2 amide bonds. The van der Waals surface area contributed by atoms with E-state index in [4.69, 9.17) is 5.11 Å². The molecule has 0 aliphatic heterocycles. The van der Waals surface area contributed by atoms with Gasteiger partial charge in [0.2, 0.25) is 0 Å². The van der Waals surface area contributed by atoms with Gasteiger partial charge in [-0.2, -0.15) is 13.2 Å². The minimum absolute atomic E-state index is 0.0810. The molecular weight excluding hydrogens is 295 g/mol. The van der Waals surface area contributed by atoms with Crippen LogP contribution in [0.4, 0.5) is 18.0 Å². The molecule has 21 heavy (non-hydrogen) atoms. The molecule has 118 valence electrons. The van der Waals surface area contributed by atoms with Gasteiger partial charge in [0.15, 0.2) is 5.69 Å². The largest absolute Gasteiger partial charge is 0.476 e. The van der Waals surface area contributed by atoms with Crippen molar-refractivity contribution in [3.8, 4) is 0 Å². The van der Waals surface area contributed by atoms with Crippen LogP contribution in [0, 0.1) is 0 Å². The summed E-state index contributed by atoms with van der Waals surface area (Å²) in [5.41, 5.74) is -0.233. The number of aromatic nitrogens is 3. The highest BCUT2D eigenvalue weighted by Crippen LogP contribution is 2.19. The Labute approximate surface area is 117 Å². The summed E-state index contributed by atoms with van der Waals surface area (Å²) in [5, 5.41) is 17.9. The van der Waals surface area contributed by atoms with E-state index in [9.17, 15) is 22.8 Å². The highest BCUT2D eigenvalue weighted by molar-refractivity contribution is 5.84. The minimum atomic E-state index is -4.32. The molecule has 0 atom stereocenters. The lowest BCUT2D eigenvalue weighted by Crippen LogP contribution is -2.40. The van der Waals surface area contributed by atoms with Crippen molar-refractivity contribution in [3.63, 3.8) is 0 Å². The molecule has 0 radical (unpaired) electrons. The Hall–Kier alpha value is -2.33. The van der Waals surface area contributed by atoms with Gasteiger partial charge in [-0.25, -0.2) is 14.3 Å². The van der Waals surface area contributed by atoms with Gasteiger partial charge in [-0.15, -0.1) is 5.10 Å². The molecule has 1 rings (SSSR count). The van der Waals surface area contributed by atoms with Gasteiger partial charge in [-0.3, -0.25) is 0 Å². The standard InChI is InChI=1S/C10H14F3N5O3/c1-17(4-2-10(11,12)13)9(21)14-3-5-18-6-7(8(19)20)15-16-18/h6H,2-5H2,1H3,(H,14,21)(H,19,20). The molecule has 0 fully saturated rings. The summed E-state index contributed by atoms with van der Waals surface area (Å²) in [6.07, 6.45) is -4.22. The second-order valence-corrected chi connectivity index (χ2v) is 4.19. The number of hydrogen-bond acceptors (Lipinski definition) is 4. The number of carbonyl (C=O) groups is 2. The maximum Gasteiger partial charge on any atom is 0.390 e. The number of urea groups is 1. The average molecular weight is 309 g/mol. The Kier molecular flexibility index (Phi) is 5.50. The van der Waals surface area contributed by atoms with E-state index in [0.717, 1.165) is 4.90 Å². The lowest BCUT2D eigenvalue weighted by molar-refractivity contribution is -0.136. The van der Waals surface area contributed by atoms with Crippen molar-refractivity contribution in [1.29, 1.82) is 0 Å². The number of carboxylic acids is 1. The number of hydrogen-bond donors (Lipinski definition) is 2. The van der Waals surface area contributed by atoms with E-state index >= 15 is 0 Å². The van der Waals surface area contributed by atoms with Crippen LogP contribution in [-0.4, -0.2) is 63.3 Å². The number of rotatable bonds is 6. The molecule has 11 heteroatoms. The highest BCUT2D eigenvalue weighted by Gasteiger charge is 2.27. The van der Waals surface area contributed by atoms with Crippen molar-refractivity contribution in [3.05, 3.63) is 11.9 Å². The molecule has 2 N–H and O–H groups in total. The molecule has 0 spiro atoms. The normalized spacial score (nSPS) is 11.2. The van der Waals surface area contributed by atoms with Crippen LogP contribution in [0.3, 0.4) is 0 Å². The fourth-order valence-corrected chi connectivity index (χ4v) is 1.31.